The minimum atomic E-state index is -3.96. The molecule has 0 spiro atoms. The van der Waals surface area contributed by atoms with Gasteiger partial charge in [0.2, 0.25) is 22.5 Å². The summed E-state index contributed by atoms with van der Waals surface area (Å²) in [5, 5.41) is 5.74. The van der Waals surface area contributed by atoms with E-state index < -0.39 is 15.7 Å². The maximum Gasteiger partial charge on any atom is 0.243 e. The number of nitrogens with one attached hydrogen (secondary N) is 2. The number of carbonyl (C=O) groups is 1. The molecule has 1 heterocycles. The third-order valence-electron chi connectivity index (χ3n) is 4.70. The molecule has 0 saturated carbocycles. The van der Waals surface area contributed by atoms with E-state index in [1.807, 2.05) is 6.92 Å². The monoisotopic (exact) mass is 492 g/mol. The number of hydrogen-bond donors (Lipinski definition) is 2. The molecule has 4 rings (SSSR count). The summed E-state index contributed by atoms with van der Waals surface area (Å²) in [6.45, 7) is 1.76. The number of halogens is 2. The van der Waals surface area contributed by atoms with Gasteiger partial charge in [0.25, 0.3) is 0 Å². The minimum absolute atomic E-state index is 0.0447. The normalized spacial score (nSPS) is 12.5. The van der Waals surface area contributed by atoms with Crippen LogP contribution >= 0.6 is 23.2 Å². The first-order valence-corrected chi connectivity index (χ1v) is 11.7. The van der Waals surface area contributed by atoms with Crippen LogP contribution in [0.5, 0.6) is 11.5 Å². The van der Waals surface area contributed by atoms with Gasteiger partial charge in [-0.2, -0.15) is 0 Å². The van der Waals surface area contributed by atoms with Crippen molar-refractivity contribution in [2.75, 3.05) is 24.0 Å². The van der Waals surface area contributed by atoms with Crippen molar-refractivity contribution in [2.45, 2.75) is 16.7 Å². The van der Waals surface area contributed by atoms with Gasteiger partial charge in [-0.15, -0.1) is 0 Å². The molecule has 7 nitrogen and oxygen atoms in total. The van der Waals surface area contributed by atoms with Gasteiger partial charge in [0, 0.05) is 16.8 Å². The van der Waals surface area contributed by atoms with Crippen LogP contribution in [-0.2, 0) is 14.6 Å². The molecule has 0 atom stereocenters. The molecule has 2 N–H and O–H groups in total. The smallest absolute Gasteiger partial charge is 0.243 e. The number of amides is 1. The molecule has 166 valence electrons. The fourth-order valence-electron chi connectivity index (χ4n) is 3.16. The minimum Gasteiger partial charge on any atom is -0.454 e. The highest BCUT2D eigenvalue weighted by molar-refractivity contribution is 7.91. The Balaban J connectivity index is 1.56. The highest BCUT2D eigenvalue weighted by Crippen LogP contribution is 2.37. The summed E-state index contributed by atoms with van der Waals surface area (Å²) in [7, 11) is -3.96. The van der Waals surface area contributed by atoms with E-state index in [0.29, 0.717) is 17.2 Å². The highest BCUT2D eigenvalue weighted by atomic mass is 35.5. The molecule has 0 aromatic heterocycles. The molecule has 0 unspecified atom stereocenters. The second-order valence-corrected chi connectivity index (χ2v) is 9.78. The third kappa shape index (κ3) is 4.62. The number of benzene rings is 3. The van der Waals surface area contributed by atoms with Crippen LogP contribution in [0.1, 0.15) is 5.56 Å². The molecule has 3 aromatic rings. The number of carbonyl (C=O) groups excluding carboxylic acids is 1. The molecular weight excluding hydrogens is 475 g/mol. The van der Waals surface area contributed by atoms with Crippen LogP contribution in [-0.4, -0.2) is 27.7 Å². The van der Waals surface area contributed by atoms with Crippen LogP contribution in [0.15, 0.2) is 64.4 Å². The van der Waals surface area contributed by atoms with Gasteiger partial charge >= 0.3 is 0 Å². The van der Waals surface area contributed by atoms with Crippen molar-refractivity contribution in [3.63, 3.8) is 0 Å². The first-order valence-electron chi connectivity index (χ1n) is 9.48. The fourth-order valence-corrected chi connectivity index (χ4v) is 5.42. The Hall–Kier alpha value is -2.94. The van der Waals surface area contributed by atoms with Crippen LogP contribution in [0.25, 0.3) is 0 Å². The molecule has 1 aliphatic heterocycles. The van der Waals surface area contributed by atoms with Crippen LogP contribution in [0.2, 0.25) is 10.0 Å². The lowest BCUT2D eigenvalue weighted by atomic mass is 10.2. The summed E-state index contributed by atoms with van der Waals surface area (Å²) in [6, 6.07) is 14.2. The molecule has 0 bridgehead atoms. The van der Waals surface area contributed by atoms with Gasteiger partial charge in [0.1, 0.15) is 4.90 Å². The van der Waals surface area contributed by atoms with E-state index in [1.165, 1.54) is 24.3 Å². The lowest BCUT2D eigenvalue weighted by Crippen LogP contribution is -2.22. The summed E-state index contributed by atoms with van der Waals surface area (Å²) < 4.78 is 37.0. The lowest BCUT2D eigenvalue weighted by Gasteiger charge is -2.15. The zero-order valence-corrected chi connectivity index (χ0v) is 19.1. The fraction of sp³-hybridized carbons (Fsp3) is 0.136. The largest absolute Gasteiger partial charge is 0.454 e. The summed E-state index contributed by atoms with van der Waals surface area (Å²) in [4.78, 5) is 12.4. The van der Waals surface area contributed by atoms with Gasteiger partial charge in [-0.3, -0.25) is 4.79 Å². The van der Waals surface area contributed by atoms with Gasteiger partial charge in [-0.1, -0.05) is 40.9 Å². The summed E-state index contributed by atoms with van der Waals surface area (Å²) >= 11 is 12.4. The Morgan fingerprint density at radius 3 is 2.47 bits per heavy atom. The number of aryl methyl sites for hydroxylation is 1. The van der Waals surface area contributed by atoms with Gasteiger partial charge < -0.3 is 20.1 Å². The number of fused-ring (bicyclic) bond motifs is 1. The molecule has 10 heteroatoms. The van der Waals surface area contributed by atoms with Crippen molar-refractivity contribution in [1.29, 1.82) is 0 Å². The predicted octanol–water partition coefficient (Wildman–Crippen LogP) is 4.91. The zero-order valence-electron chi connectivity index (χ0n) is 16.8. The Labute approximate surface area is 195 Å². The van der Waals surface area contributed by atoms with Crippen molar-refractivity contribution in [1.82, 2.24) is 0 Å². The molecule has 1 aliphatic rings. The van der Waals surface area contributed by atoms with Crippen molar-refractivity contribution < 1.29 is 22.7 Å². The Kier molecular flexibility index (Phi) is 6.19. The summed E-state index contributed by atoms with van der Waals surface area (Å²) in [5.41, 5.74) is 1.56. The van der Waals surface area contributed by atoms with Crippen molar-refractivity contribution >= 4 is 50.3 Å². The van der Waals surface area contributed by atoms with Crippen molar-refractivity contribution in [3.8, 4) is 11.5 Å². The maximum absolute atomic E-state index is 13.2. The number of ether oxygens (including phenoxy) is 2. The SMILES string of the molecule is Cc1ccc(S(=O)(=O)c2c(Cl)cc(Cl)cc2NCC(=O)Nc2ccc3c(c2)OCO3)cc1. The van der Waals surface area contributed by atoms with Gasteiger partial charge in [-0.25, -0.2) is 8.42 Å². The second-order valence-electron chi connectivity index (χ2n) is 7.05. The van der Waals surface area contributed by atoms with Gasteiger partial charge in [0.05, 0.1) is 22.2 Å². The average molecular weight is 493 g/mol. The average Bonchev–Trinajstić information content (AvgIpc) is 3.19. The number of anilines is 2. The van der Waals surface area contributed by atoms with Crippen LogP contribution in [0.3, 0.4) is 0 Å². The van der Waals surface area contributed by atoms with Crippen LogP contribution in [0, 0.1) is 6.92 Å². The molecule has 0 radical (unpaired) electrons. The zero-order chi connectivity index (χ0) is 22.9. The molecule has 0 aliphatic carbocycles. The van der Waals surface area contributed by atoms with Crippen LogP contribution < -0.4 is 20.1 Å². The van der Waals surface area contributed by atoms with Crippen molar-refractivity contribution in [2.24, 2.45) is 0 Å². The van der Waals surface area contributed by atoms with Gasteiger partial charge in [0.15, 0.2) is 11.5 Å². The lowest BCUT2D eigenvalue weighted by molar-refractivity contribution is -0.114. The predicted molar refractivity (Wildman–Crippen MR) is 123 cm³/mol. The molecule has 0 saturated heterocycles. The molecule has 3 aromatic carbocycles. The molecule has 0 fully saturated rings. The van der Waals surface area contributed by atoms with E-state index in [9.17, 15) is 13.2 Å². The number of hydrogen-bond acceptors (Lipinski definition) is 6. The summed E-state index contributed by atoms with van der Waals surface area (Å²) in [6.07, 6.45) is 0. The quantitative estimate of drug-likeness (QED) is 0.507. The first kappa shape index (κ1) is 22.3. The van der Waals surface area contributed by atoms with Crippen molar-refractivity contribution in [3.05, 3.63) is 70.2 Å². The Morgan fingerprint density at radius 2 is 1.72 bits per heavy atom. The van der Waals surface area contributed by atoms with Crippen LogP contribution in [0.4, 0.5) is 11.4 Å². The van der Waals surface area contributed by atoms with E-state index in [1.54, 1.807) is 30.3 Å². The number of rotatable bonds is 6. The topological polar surface area (TPSA) is 93.7 Å². The third-order valence-corrected chi connectivity index (χ3v) is 7.20. The standard InChI is InChI=1S/C22H18Cl2N2O5S/c1-13-2-5-16(6-3-13)32(28,29)22-17(24)8-14(23)9-18(22)25-11-21(27)26-15-4-7-19-20(10-15)31-12-30-19/h2-10,25H,11-12H2,1H3,(H,26,27). The highest BCUT2D eigenvalue weighted by Gasteiger charge is 2.26. The van der Waals surface area contributed by atoms with E-state index in [4.69, 9.17) is 32.7 Å². The Bertz CT molecular complexity index is 1290. The Morgan fingerprint density at radius 1 is 1.00 bits per heavy atom. The maximum atomic E-state index is 13.2. The number of sulfone groups is 1. The molecule has 1 amide bonds. The van der Waals surface area contributed by atoms with E-state index >= 15 is 0 Å². The molecular formula is C22H18Cl2N2O5S. The second kappa shape index (κ2) is 8.90. The molecule has 32 heavy (non-hydrogen) atoms. The summed E-state index contributed by atoms with van der Waals surface area (Å²) in [5.74, 6) is 0.725. The van der Waals surface area contributed by atoms with E-state index in [0.717, 1.165) is 5.56 Å². The van der Waals surface area contributed by atoms with Gasteiger partial charge in [-0.05, 0) is 43.3 Å². The first-order chi connectivity index (χ1) is 15.2. The van der Waals surface area contributed by atoms with E-state index in [2.05, 4.69) is 10.6 Å². The van der Waals surface area contributed by atoms with E-state index in [-0.39, 0.29) is 38.9 Å².